The molecule has 15 heavy (non-hydrogen) atoms. The summed E-state index contributed by atoms with van der Waals surface area (Å²) in [6.45, 7) is 0. The molecule has 1 aromatic rings. The van der Waals surface area contributed by atoms with Crippen LogP contribution in [0.3, 0.4) is 0 Å². The number of methoxy groups -OCH3 is 1. The normalized spacial score (nSPS) is 18.0. The first-order valence-corrected chi connectivity index (χ1v) is 5.13. The highest BCUT2D eigenvalue weighted by Gasteiger charge is 2.40. The van der Waals surface area contributed by atoms with Crippen LogP contribution in [0.1, 0.15) is 29.6 Å². The Kier molecular flexibility index (Phi) is 2.49. The standard InChI is InChI=1S/C12H15NO2/c1-15-10-5-2-4-9(8-10)11(14)12(13)6-3-7-12/h2,4-5,8H,3,6-7,13H2,1H3. The second-order valence-corrected chi connectivity index (χ2v) is 4.07. The molecule has 0 amide bonds. The van der Waals surface area contributed by atoms with Gasteiger partial charge >= 0.3 is 0 Å². The lowest BCUT2D eigenvalue weighted by molar-refractivity contribution is 0.0800. The van der Waals surface area contributed by atoms with E-state index in [4.69, 9.17) is 10.5 Å². The molecule has 0 saturated heterocycles. The van der Waals surface area contributed by atoms with Crippen molar-refractivity contribution in [3.63, 3.8) is 0 Å². The Bertz CT molecular complexity index is 383. The van der Waals surface area contributed by atoms with Crippen molar-refractivity contribution < 1.29 is 9.53 Å². The molecule has 0 atom stereocenters. The first kappa shape index (κ1) is 10.2. The molecule has 0 aromatic heterocycles. The fourth-order valence-corrected chi connectivity index (χ4v) is 1.84. The Morgan fingerprint density at radius 1 is 1.47 bits per heavy atom. The van der Waals surface area contributed by atoms with Crippen molar-refractivity contribution in [2.75, 3.05) is 7.11 Å². The van der Waals surface area contributed by atoms with E-state index in [-0.39, 0.29) is 5.78 Å². The van der Waals surface area contributed by atoms with Crippen molar-refractivity contribution in [3.05, 3.63) is 29.8 Å². The number of hydrogen-bond acceptors (Lipinski definition) is 3. The second-order valence-electron chi connectivity index (χ2n) is 4.07. The number of nitrogens with two attached hydrogens (primary N) is 1. The van der Waals surface area contributed by atoms with Crippen LogP contribution >= 0.6 is 0 Å². The fraction of sp³-hybridized carbons (Fsp3) is 0.417. The van der Waals surface area contributed by atoms with Crippen molar-refractivity contribution in [3.8, 4) is 5.75 Å². The number of carbonyl (C=O) groups is 1. The van der Waals surface area contributed by atoms with E-state index < -0.39 is 5.54 Å². The van der Waals surface area contributed by atoms with E-state index in [1.54, 1.807) is 19.2 Å². The molecule has 1 saturated carbocycles. The van der Waals surface area contributed by atoms with Crippen molar-refractivity contribution in [1.82, 2.24) is 0 Å². The van der Waals surface area contributed by atoms with Crippen LogP contribution in [-0.4, -0.2) is 18.4 Å². The van der Waals surface area contributed by atoms with Gasteiger partial charge in [0.25, 0.3) is 0 Å². The van der Waals surface area contributed by atoms with Gasteiger partial charge in [0.05, 0.1) is 12.6 Å². The number of ketones is 1. The second kappa shape index (κ2) is 3.66. The van der Waals surface area contributed by atoms with Gasteiger partial charge in [0.2, 0.25) is 0 Å². The molecule has 0 spiro atoms. The molecule has 2 rings (SSSR count). The summed E-state index contributed by atoms with van der Waals surface area (Å²) in [6.07, 6.45) is 2.64. The molecule has 0 heterocycles. The molecule has 2 N–H and O–H groups in total. The van der Waals surface area contributed by atoms with Gasteiger partial charge in [0.15, 0.2) is 5.78 Å². The van der Waals surface area contributed by atoms with Gasteiger partial charge in [-0.05, 0) is 31.4 Å². The lowest BCUT2D eigenvalue weighted by Gasteiger charge is -2.36. The predicted molar refractivity (Wildman–Crippen MR) is 58.1 cm³/mol. The summed E-state index contributed by atoms with van der Waals surface area (Å²) in [5, 5.41) is 0. The van der Waals surface area contributed by atoms with Gasteiger partial charge in [-0.3, -0.25) is 4.79 Å². The van der Waals surface area contributed by atoms with Crippen molar-refractivity contribution in [2.45, 2.75) is 24.8 Å². The van der Waals surface area contributed by atoms with Gasteiger partial charge in [-0.2, -0.15) is 0 Å². The molecule has 3 heteroatoms. The summed E-state index contributed by atoms with van der Waals surface area (Å²) in [4.78, 5) is 12.0. The van der Waals surface area contributed by atoms with Crippen LogP contribution in [0.25, 0.3) is 0 Å². The first-order valence-electron chi connectivity index (χ1n) is 5.13. The summed E-state index contributed by atoms with van der Waals surface area (Å²) >= 11 is 0. The Morgan fingerprint density at radius 3 is 2.73 bits per heavy atom. The molecule has 0 unspecified atom stereocenters. The highest BCUT2D eigenvalue weighted by molar-refractivity contribution is 6.03. The van der Waals surface area contributed by atoms with Crippen LogP contribution < -0.4 is 10.5 Å². The minimum atomic E-state index is -0.619. The summed E-state index contributed by atoms with van der Waals surface area (Å²) in [5.41, 5.74) is 6.01. The SMILES string of the molecule is COc1cccc(C(=O)C2(N)CCC2)c1. The van der Waals surface area contributed by atoms with Crippen LogP contribution in [0, 0.1) is 0 Å². The number of Topliss-reactive ketones (excluding diaryl/α,β-unsaturated/α-hetero) is 1. The monoisotopic (exact) mass is 205 g/mol. The van der Waals surface area contributed by atoms with E-state index in [9.17, 15) is 4.79 Å². The minimum absolute atomic E-state index is 0.0349. The van der Waals surface area contributed by atoms with E-state index in [1.165, 1.54) is 0 Å². The van der Waals surface area contributed by atoms with E-state index in [0.29, 0.717) is 11.3 Å². The van der Waals surface area contributed by atoms with Crippen LogP contribution in [0.4, 0.5) is 0 Å². The van der Waals surface area contributed by atoms with Gasteiger partial charge in [-0.25, -0.2) is 0 Å². The molecule has 1 fully saturated rings. The third-order valence-electron chi connectivity index (χ3n) is 3.03. The Morgan fingerprint density at radius 2 is 2.20 bits per heavy atom. The van der Waals surface area contributed by atoms with Gasteiger partial charge in [-0.1, -0.05) is 12.1 Å². The van der Waals surface area contributed by atoms with Crippen molar-refractivity contribution in [2.24, 2.45) is 5.73 Å². The maximum atomic E-state index is 12.0. The summed E-state index contributed by atoms with van der Waals surface area (Å²) in [7, 11) is 1.59. The van der Waals surface area contributed by atoms with E-state index in [1.807, 2.05) is 12.1 Å². The summed E-state index contributed by atoms with van der Waals surface area (Å²) < 4.78 is 5.08. The average molecular weight is 205 g/mol. The zero-order valence-electron chi connectivity index (χ0n) is 8.82. The minimum Gasteiger partial charge on any atom is -0.497 e. The molecule has 1 aromatic carbocycles. The number of carbonyl (C=O) groups excluding carboxylic acids is 1. The highest BCUT2D eigenvalue weighted by atomic mass is 16.5. The van der Waals surface area contributed by atoms with Crippen LogP contribution in [0.15, 0.2) is 24.3 Å². The molecule has 1 aliphatic carbocycles. The molecule has 3 nitrogen and oxygen atoms in total. The predicted octanol–water partition coefficient (Wildman–Crippen LogP) is 1.76. The molecule has 0 radical (unpaired) electrons. The molecular formula is C12H15NO2. The smallest absolute Gasteiger partial charge is 0.182 e. The number of benzene rings is 1. The lowest BCUT2D eigenvalue weighted by atomic mass is 9.73. The zero-order valence-corrected chi connectivity index (χ0v) is 8.82. The zero-order chi connectivity index (χ0) is 10.9. The fourth-order valence-electron chi connectivity index (χ4n) is 1.84. The van der Waals surface area contributed by atoms with Crippen LogP contribution in [0.2, 0.25) is 0 Å². The highest BCUT2D eigenvalue weighted by Crippen LogP contribution is 2.32. The molecule has 1 aliphatic rings. The van der Waals surface area contributed by atoms with Gasteiger partial charge < -0.3 is 10.5 Å². The van der Waals surface area contributed by atoms with Crippen molar-refractivity contribution >= 4 is 5.78 Å². The Balaban J connectivity index is 2.25. The Hall–Kier alpha value is -1.35. The van der Waals surface area contributed by atoms with E-state index in [0.717, 1.165) is 19.3 Å². The summed E-state index contributed by atoms with van der Waals surface area (Å²) in [6, 6.07) is 7.17. The first-order chi connectivity index (χ1) is 7.15. The lowest BCUT2D eigenvalue weighted by Crippen LogP contribution is -2.53. The Labute approximate surface area is 89.2 Å². The summed E-state index contributed by atoms with van der Waals surface area (Å²) in [5.74, 6) is 0.733. The topological polar surface area (TPSA) is 52.3 Å². The quantitative estimate of drug-likeness (QED) is 0.765. The largest absolute Gasteiger partial charge is 0.497 e. The maximum Gasteiger partial charge on any atom is 0.182 e. The van der Waals surface area contributed by atoms with E-state index in [2.05, 4.69) is 0 Å². The van der Waals surface area contributed by atoms with Gasteiger partial charge in [0.1, 0.15) is 5.75 Å². The molecule has 0 aliphatic heterocycles. The molecule has 0 bridgehead atoms. The number of ether oxygens (including phenoxy) is 1. The average Bonchev–Trinajstić information content (AvgIpc) is 2.25. The third-order valence-corrected chi connectivity index (χ3v) is 3.03. The maximum absolute atomic E-state index is 12.0. The van der Waals surface area contributed by atoms with E-state index >= 15 is 0 Å². The van der Waals surface area contributed by atoms with Gasteiger partial charge in [0, 0.05) is 5.56 Å². The van der Waals surface area contributed by atoms with Gasteiger partial charge in [-0.15, -0.1) is 0 Å². The molecular weight excluding hydrogens is 190 g/mol. The van der Waals surface area contributed by atoms with Crippen LogP contribution in [0.5, 0.6) is 5.75 Å². The van der Waals surface area contributed by atoms with Crippen LogP contribution in [-0.2, 0) is 0 Å². The molecule has 80 valence electrons. The third kappa shape index (κ3) is 1.75. The van der Waals surface area contributed by atoms with Crippen molar-refractivity contribution in [1.29, 1.82) is 0 Å². The number of rotatable bonds is 3. The number of hydrogen-bond donors (Lipinski definition) is 1.